The summed E-state index contributed by atoms with van der Waals surface area (Å²) in [5.41, 5.74) is 5.16. The third kappa shape index (κ3) is 12.7. The van der Waals surface area contributed by atoms with Gasteiger partial charge >= 0.3 is 12.1 Å². The molecule has 2 unspecified atom stereocenters. The molecule has 240 valence electrons. The van der Waals surface area contributed by atoms with E-state index in [1.54, 1.807) is 44.7 Å². The first-order valence-electron chi connectivity index (χ1n) is 14.4. The molecule has 1 aliphatic rings. The average molecular weight is 605 g/mol. The van der Waals surface area contributed by atoms with Crippen LogP contribution in [-0.2, 0) is 28.8 Å². The first-order chi connectivity index (χ1) is 19.6. The molecule has 3 amide bonds. The molecule has 1 fully saturated rings. The summed E-state index contributed by atoms with van der Waals surface area (Å²) in [6.45, 7) is 18.8. The van der Waals surface area contributed by atoms with Gasteiger partial charge in [-0.05, 0) is 72.4 Å². The normalized spacial score (nSPS) is 18.9. The summed E-state index contributed by atoms with van der Waals surface area (Å²) in [7, 11) is 0. The second-order valence-electron chi connectivity index (χ2n) is 13.9. The van der Waals surface area contributed by atoms with E-state index in [1.807, 2.05) is 41.5 Å². The maximum Gasteiger partial charge on any atom is 0.436 e. The number of rotatable bonds is 8. The van der Waals surface area contributed by atoms with Crippen molar-refractivity contribution in [3.63, 3.8) is 0 Å². The second kappa shape index (κ2) is 14.3. The maximum absolute atomic E-state index is 13.3. The molecule has 0 radical (unpaired) electrons. The van der Waals surface area contributed by atoms with E-state index < -0.39 is 47.4 Å². The lowest BCUT2D eigenvalue weighted by Gasteiger charge is -2.40. The maximum atomic E-state index is 13.3. The zero-order valence-corrected chi connectivity index (χ0v) is 27.1. The summed E-state index contributed by atoms with van der Waals surface area (Å²) in [5, 5.41) is 2.73. The third-order valence-corrected chi connectivity index (χ3v) is 6.02. The average Bonchev–Trinajstić information content (AvgIpc) is 2.84. The van der Waals surface area contributed by atoms with Crippen molar-refractivity contribution < 1.29 is 38.4 Å². The van der Waals surface area contributed by atoms with Gasteiger partial charge in [0.25, 0.3) is 5.91 Å². The largest absolute Gasteiger partial charge is 0.442 e. The van der Waals surface area contributed by atoms with Crippen molar-refractivity contribution in [2.45, 2.75) is 112 Å². The molecular formula is C31H48N4O8. The van der Waals surface area contributed by atoms with Gasteiger partial charge in [0.2, 0.25) is 5.91 Å². The van der Waals surface area contributed by atoms with E-state index in [-0.39, 0.29) is 30.1 Å². The first kappa shape index (κ1) is 35.7. The van der Waals surface area contributed by atoms with E-state index in [0.717, 1.165) is 0 Å². The predicted octanol–water partition coefficient (Wildman–Crippen LogP) is 4.14. The third-order valence-electron chi connectivity index (χ3n) is 6.02. The fourth-order valence-electron chi connectivity index (χ4n) is 4.21. The number of amidine groups is 1. The number of carbonyl (C=O) groups is 4. The molecule has 43 heavy (non-hydrogen) atoms. The van der Waals surface area contributed by atoms with Gasteiger partial charge in [-0.3, -0.25) is 14.5 Å². The lowest BCUT2D eigenvalue weighted by Crippen LogP contribution is -2.56. The second-order valence-corrected chi connectivity index (χ2v) is 13.9. The summed E-state index contributed by atoms with van der Waals surface area (Å²) < 4.78 is 11.3. The Balaban J connectivity index is 2.01. The van der Waals surface area contributed by atoms with E-state index in [0.29, 0.717) is 24.1 Å². The van der Waals surface area contributed by atoms with Gasteiger partial charge in [-0.25, -0.2) is 9.59 Å². The minimum Gasteiger partial charge on any atom is -0.442 e. The lowest BCUT2D eigenvalue weighted by molar-refractivity contribution is -0.325. The summed E-state index contributed by atoms with van der Waals surface area (Å²) in [6.07, 6.45) is -1.34. The minimum atomic E-state index is -0.830. The summed E-state index contributed by atoms with van der Waals surface area (Å²) in [5.74, 6) is -1.26. The number of carbonyl (C=O) groups excluding carboxylic acids is 4. The Kier molecular flexibility index (Phi) is 11.9. The SMILES string of the molecule is C[C@H](NC(=O)c1ccc(C(N)=NC(=O)OC(C)(C)C)cc1)C(=O)N1CCC(OOC(=O)CC(C)(C)C)C(OC(C)(C)C)C1. The monoisotopic (exact) mass is 604 g/mol. The highest BCUT2D eigenvalue weighted by molar-refractivity contribution is 6.04. The van der Waals surface area contributed by atoms with Gasteiger partial charge in [-0.2, -0.15) is 9.88 Å². The lowest BCUT2D eigenvalue weighted by atomic mass is 9.93. The number of benzene rings is 1. The molecule has 1 aromatic carbocycles. The summed E-state index contributed by atoms with van der Waals surface area (Å²) in [6, 6.07) is 5.33. The number of nitrogens with one attached hydrogen (secondary N) is 1. The van der Waals surface area contributed by atoms with Gasteiger partial charge < -0.3 is 25.4 Å². The van der Waals surface area contributed by atoms with Crippen LogP contribution in [0, 0.1) is 5.41 Å². The van der Waals surface area contributed by atoms with Crippen LogP contribution >= 0.6 is 0 Å². The number of hydrogen-bond donors (Lipinski definition) is 2. The molecule has 0 spiro atoms. The molecule has 3 atom stereocenters. The van der Waals surface area contributed by atoms with Gasteiger partial charge in [-0.1, -0.05) is 32.9 Å². The number of likely N-dealkylation sites (tertiary alicyclic amines) is 1. The van der Waals surface area contributed by atoms with Gasteiger partial charge in [0.05, 0.1) is 12.0 Å². The number of piperidine rings is 1. The Morgan fingerprint density at radius 3 is 2.07 bits per heavy atom. The summed E-state index contributed by atoms with van der Waals surface area (Å²) >= 11 is 0. The fraction of sp³-hybridized carbons (Fsp3) is 0.645. The fourth-order valence-corrected chi connectivity index (χ4v) is 4.21. The molecule has 1 aliphatic heterocycles. The van der Waals surface area contributed by atoms with Crippen molar-refractivity contribution in [2.24, 2.45) is 16.1 Å². The van der Waals surface area contributed by atoms with Crippen LogP contribution in [0.15, 0.2) is 29.3 Å². The van der Waals surface area contributed by atoms with Crippen LogP contribution in [0.2, 0.25) is 0 Å². The molecule has 12 heteroatoms. The Bertz CT molecular complexity index is 1180. The van der Waals surface area contributed by atoms with Crippen molar-refractivity contribution in [1.29, 1.82) is 0 Å². The number of nitrogens with zero attached hydrogens (tertiary/aromatic N) is 2. The number of amides is 3. The minimum absolute atomic E-state index is 0.0480. The van der Waals surface area contributed by atoms with Crippen molar-refractivity contribution in [3.8, 4) is 0 Å². The quantitative estimate of drug-likeness (QED) is 0.192. The molecule has 0 saturated carbocycles. The van der Waals surface area contributed by atoms with Crippen LogP contribution < -0.4 is 11.1 Å². The number of hydrogen-bond acceptors (Lipinski definition) is 8. The molecule has 1 saturated heterocycles. The Morgan fingerprint density at radius 2 is 1.53 bits per heavy atom. The van der Waals surface area contributed by atoms with Gasteiger partial charge in [0, 0.05) is 24.2 Å². The molecule has 2 rings (SSSR count). The highest BCUT2D eigenvalue weighted by atomic mass is 17.2. The van der Waals surface area contributed by atoms with E-state index in [9.17, 15) is 19.2 Å². The van der Waals surface area contributed by atoms with Crippen LogP contribution in [0.4, 0.5) is 4.79 Å². The van der Waals surface area contributed by atoms with E-state index >= 15 is 0 Å². The van der Waals surface area contributed by atoms with Gasteiger partial charge in [0.15, 0.2) is 0 Å². The van der Waals surface area contributed by atoms with Crippen LogP contribution in [-0.4, -0.2) is 77.2 Å². The standard InChI is InChI=1S/C31H48N4O8/c1-19(33-26(37)21-13-11-20(12-14-21)25(32)34-28(39)41-31(8,9)10)27(38)35-16-15-22(23(18-35)40-30(5,6)7)42-43-24(36)17-29(2,3)4/h11-14,19,22-23H,15-18H2,1-10H3,(H,33,37)(H2,32,34,39)/t19-,22?,23?/m0/s1. The predicted molar refractivity (Wildman–Crippen MR) is 161 cm³/mol. The Hall–Kier alpha value is -3.51. The van der Waals surface area contributed by atoms with E-state index in [2.05, 4.69) is 10.3 Å². The summed E-state index contributed by atoms with van der Waals surface area (Å²) in [4.78, 5) is 66.3. The molecule has 0 bridgehead atoms. The van der Waals surface area contributed by atoms with Crippen LogP contribution in [0.1, 0.15) is 98.0 Å². The molecule has 3 N–H and O–H groups in total. The van der Waals surface area contributed by atoms with Crippen molar-refractivity contribution in [3.05, 3.63) is 35.4 Å². The first-order valence-corrected chi connectivity index (χ1v) is 14.4. The number of nitrogens with two attached hydrogens (primary N) is 1. The highest BCUT2D eigenvalue weighted by Crippen LogP contribution is 2.25. The zero-order chi connectivity index (χ0) is 32.8. The molecular weight excluding hydrogens is 556 g/mol. The van der Waals surface area contributed by atoms with Crippen LogP contribution in [0.25, 0.3) is 0 Å². The number of ether oxygens (including phenoxy) is 2. The molecule has 1 heterocycles. The molecule has 0 aromatic heterocycles. The van der Waals surface area contributed by atoms with E-state index in [4.69, 9.17) is 25.0 Å². The molecule has 0 aliphatic carbocycles. The van der Waals surface area contributed by atoms with Crippen molar-refractivity contribution in [1.82, 2.24) is 10.2 Å². The van der Waals surface area contributed by atoms with Crippen molar-refractivity contribution >= 4 is 29.7 Å². The van der Waals surface area contributed by atoms with Crippen LogP contribution in [0.3, 0.4) is 0 Å². The topological polar surface area (TPSA) is 159 Å². The Morgan fingerprint density at radius 1 is 0.953 bits per heavy atom. The smallest absolute Gasteiger partial charge is 0.436 e. The van der Waals surface area contributed by atoms with Gasteiger partial charge in [-0.15, -0.1) is 0 Å². The van der Waals surface area contributed by atoms with Crippen LogP contribution in [0.5, 0.6) is 0 Å². The molecule has 1 aromatic rings. The Labute approximate surface area is 254 Å². The highest BCUT2D eigenvalue weighted by Gasteiger charge is 2.38. The van der Waals surface area contributed by atoms with E-state index in [1.165, 1.54) is 12.1 Å². The van der Waals surface area contributed by atoms with Crippen molar-refractivity contribution in [2.75, 3.05) is 13.1 Å². The molecule has 12 nitrogen and oxygen atoms in total. The van der Waals surface area contributed by atoms with Gasteiger partial charge in [0.1, 0.15) is 29.7 Å². The zero-order valence-electron chi connectivity index (χ0n) is 27.1. The number of aliphatic imine (C=N–C) groups is 1.